The highest BCUT2D eigenvalue weighted by Crippen LogP contribution is 2.38. The van der Waals surface area contributed by atoms with Crippen LogP contribution in [0.2, 0.25) is 6.82 Å². The number of rotatable bonds is 9. The quantitative estimate of drug-likeness (QED) is 0.119. The van der Waals surface area contributed by atoms with Crippen molar-refractivity contribution in [2.45, 2.75) is 105 Å². The first-order chi connectivity index (χ1) is 26.3. The largest absolute Gasteiger partial charge is 0.498 e. The van der Waals surface area contributed by atoms with Gasteiger partial charge in [0.05, 0.1) is 52.2 Å². The summed E-state index contributed by atoms with van der Waals surface area (Å²) in [5, 5.41) is 0. The fourth-order valence-corrected chi connectivity index (χ4v) is 5.95. The van der Waals surface area contributed by atoms with Gasteiger partial charge < -0.3 is 37.6 Å². The highest BCUT2D eigenvalue weighted by molar-refractivity contribution is 9.10. The van der Waals surface area contributed by atoms with Crippen molar-refractivity contribution in [3.63, 3.8) is 0 Å². The monoisotopic (exact) mass is 846 g/mol. The molecule has 6 rings (SSSR count). The molecule has 0 N–H and O–H groups in total. The summed E-state index contributed by atoms with van der Waals surface area (Å²) >= 11 is 3.34. The van der Waals surface area contributed by atoms with Crippen molar-refractivity contribution in [1.29, 1.82) is 0 Å². The van der Waals surface area contributed by atoms with Crippen LogP contribution in [0.4, 0.5) is 0 Å². The third kappa shape index (κ3) is 12.4. The summed E-state index contributed by atoms with van der Waals surface area (Å²) in [6.07, 6.45) is 0. The second kappa shape index (κ2) is 20.0. The predicted octanol–water partition coefficient (Wildman–Crippen LogP) is 9.51. The molecular formula is C44H57B2BrO10. The molecule has 2 saturated heterocycles. The van der Waals surface area contributed by atoms with E-state index in [1.165, 1.54) is 0 Å². The van der Waals surface area contributed by atoms with Crippen LogP contribution in [-0.2, 0) is 41.3 Å². The lowest BCUT2D eigenvalue weighted by molar-refractivity contribution is 0.00578. The van der Waals surface area contributed by atoms with E-state index in [-0.39, 0.29) is 44.9 Å². The van der Waals surface area contributed by atoms with E-state index in [0.717, 1.165) is 21.1 Å². The minimum absolute atomic E-state index is 0. The van der Waals surface area contributed by atoms with E-state index in [4.69, 9.17) is 37.6 Å². The molecule has 0 spiro atoms. The number of benzene rings is 4. The molecule has 2 fully saturated rings. The summed E-state index contributed by atoms with van der Waals surface area (Å²) in [7, 11) is 2.49. The molecule has 0 amide bonds. The Morgan fingerprint density at radius 3 is 1.35 bits per heavy atom. The first-order valence-corrected chi connectivity index (χ1v) is 19.2. The van der Waals surface area contributed by atoms with E-state index in [9.17, 15) is 9.59 Å². The molecule has 2 aliphatic rings. The van der Waals surface area contributed by atoms with Gasteiger partial charge in [-0.15, -0.1) is 0 Å². The van der Waals surface area contributed by atoms with Crippen molar-refractivity contribution in [3.8, 4) is 11.5 Å². The molecular weight excluding hydrogens is 790 g/mol. The molecule has 0 saturated carbocycles. The van der Waals surface area contributed by atoms with Crippen LogP contribution in [-0.4, -0.2) is 62.8 Å². The summed E-state index contributed by atoms with van der Waals surface area (Å²) < 4.78 is 45.3. The van der Waals surface area contributed by atoms with Gasteiger partial charge in [-0.3, -0.25) is 0 Å². The molecule has 2 aliphatic heterocycles. The van der Waals surface area contributed by atoms with Crippen molar-refractivity contribution < 1.29 is 47.2 Å². The Balaban J connectivity index is 0.000000252. The molecule has 0 atom stereocenters. The third-order valence-corrected chi connectivity index (χ3v) is 10.8. The Labute approximate surface area is 348 Å². The Kier molecular flexibility index (Phi) is 16.6. The van der Waals surface area contributed by atoms with Gasteiger partial charge in [0.25, 0.3) is 0 Å². The van der Waals surface area contributed by atoms with Crippen molar-refractivity contribution in [2.24, 2.45) is 0 Å². The standard InChI is InChI=1S/C21H25BO5.C15H13BrO3.C7H15BO2.CH4/c1-20(2)21(3,4)27-22(26-20)17-12-11-16(13-18(17)24-5)19(23)25-14-15-9-7-6-8-10-15;1-18-14-9-12(7-8-13(14)16)15(17)19-10-11-5-3-2-4-6-11;1-6(2)7(3,4)10-8(5)9-6;/h6-13H,14H2,1-5H3;2-9H,10H2,1H3;1-5H3;1H4. The molecule has 0 bridgehead atoms. The van der Waals surface area contributed by atoms with Crippen LogP contribution in [0.25, 0.3) is 0 Å². The van der Waals surface area contributed by atoms with Gasteiger partial charge in [-0.25, -0.2) is 9.59 Å². The lowest BCUT2D eigenvalue weighted by Crippen LogP contribution is -2.41. The van der Waals surface area contributed by atoms with Gasteiger partial charge in [0.15, 0.2) is 0 Å². The minimum atomic E-state index is -0.556. The van der Waals surface area contributed by atoms with Crippen LogP contribution in [0.1, 0.15) is 94.7 Å². The van der Waals surface area contributed by atoms with E-state index in [2.05, 4.69) is 43.6 Å². The molecule has 13 heteroatoms. The van der Waals surface area contributed by atoms with Crippen LogP contribution in [0.5, 0.6) is 11.5 Å². The molecule has 4 aromatic rings. The molecule has 57 heavy (non-hydrogen) atoms. The number of hydrogen-bond donors (Lipinski definition) is 0. The van der Waals surface area contributed by atoms with E-state index in [1.807, 2.05) is 95.2 Å². The first-order valence-electron chi connectivity index (χ1n) is 18.4. The molecule has 2 heterocycles. The summed E-state index contributed by atoms with van der Waals surface area (Å²) in [5.41, 5.74) is 2.31. The Morgan fingerprint density at radius 2 is 0.965 bits per heavy atom. The first kappa shape index (κ1) is 47.2. The average Bonchev–Trinajstić information content (AvgIpc) is 3.50. The zero-order chi connectivity index (χ0) is 41.3. The number of methoxy groups -OCH3 is 2. The summed E-state index contributed by atoms with van der Waals surface area (Å²) in [6.45, 7) is 18.6. The zero-order valence-corrected chi connectivity index (χ0v) is 35.9. The van der Waals surface area contributed by atoms with Crippen LogP contribution in [0, 0.1) is 0 Å². The Morgan fingerprint density at radius 1 is 0.579 bits per heavy atom. The fourth-order valence-electron chi connectivity index (χ4n) is 5.54. The van der Waals surface area contributed by atoms with Gasteiger partial charge in [-0.2, -0.15) is 0 Å². The number of carbonyl (C=O) groups excluding carboxylic acids is 2. The second-order valence-electron chi connectivity index (χ2n) is 15.3. The van der Waals surface area contributed by atoms with Crippen LogP contribution in [0.15, 0.2) is 102 Å². The predicted molar refractivity (Wildman–Crippen MR) is 229 cm³/mol. The van der Waals surface area contributed by atoms with Crippen LogP contribution >= 0.6 is 15.9 Å². The topological polar surface area (TPSA) is 108 Å². The molecule has 306 valence electrons. The smallest absolute Gasteiger partial charge is 0.497 e. The van der Waals surface area contributed by atoms with Gasteiger partial charge >= 0.3 is 26.2 Å². The molecule has 4 aromatic carbocycles. The lowest BCUT2D eigenvalue weighted by atomic mass is 9.78. The highest BCUT2D eigenvalue weighted by Gasteiger charge is 2.52. The maximum atomic E-state index is 12.4. The summed E-state index contributed by atoms with van der Waals surface area (Å²) in [4.78, 5) is 24.3. The van der Waals surface area contributed by atoms with Crippen LogP contribution in [0.3, 0.4) is 0 Å². The zero-order valence-electron chi connectivity index (χ0n) is 34.3. The molecule has 0 aromatic heterocycles. The van der Waals surface area contributed by atoms with Crippen molar-refractivity contribution >= 4 is 47.6 Å². The Bertz CT molecular complexity index is 1890. The van der Waals surface area contributed by atoms with Gasteiger partial charge in [0.1, 0.15) is 24.7 Å². The number of esters is 2. The average molecular weight is 847 g/mol. The maximum Gasteiger partial charge on any atom is 0.498 e. The van der Waals surface area contributed by atoms with Crippen molar-refractivity contribution in [3.05, 3.63) is 124 Å². The summed E-state index contributed by atoms with van der Waals surface area (Å²) in [6, 6.07) is 29.4. The van der Waals surface area contributed by atoms with E-state index < -0.39 is 24.3 Å². The van der Waals surface area contributed by atoms with E-state index >= 15 is 0 Å². The molecule has 0 aliphatic carbocycles. The maximum absolute atomic E-state index is 12.4. The van der Waals surface area contributed by atoms with Crippen molar-refractivity contribution in [2.75, 3.05) is 14.2 Å². The van der Waals surface area contributed by atoms with Gasteiger partial charge in [-0.05, 0) is 120 Å². The number of halogens is 1. The number of carbonyl (C=O) groups is 2. The number of ether oxygens (including phenoxy) is 4. The molecule has 0 unspecified atom stereocenters. The van der Waals surface area contributed by atoms with E-state index in [1.54, 1.807) is 50.6 Å². The third-order valence-electron chi connectivity index (χ3n) is 10.2. The minimum Gasteiger partial charge on any atom is -0.497 e. The Hall–Kier alpha value is -4.13. The lowest BCUT2D eigenvalue weighted by Gasteiger charge is -2.32. The second-order valence-corrected chi connectivity index (χ2v) is 16.2. The fraction of sp³-hybridized carbons (Fsp3) is 0.409. The molecule has 0 radical (unpaired) electrons. The van der Waals surface area contributed by atoms with Gasteiger partial charge in [-0.1, -0.05) is 74.2 Å². The van der Waals surface area contributed by atoms with Crippen LogP contribution < -0.4 is 14.9 Å². The van der Waals surface area contributed by atoms with Gasteiger partial charge in [0.2, 0.25) is 0 Å². The van der Waals surface area contributed by atoms with Crippen molar-refractivity contribution in [1.82, 2.24) is 0 Å². The van der Waals surface area contributed by atoms with Gasteiger partial charge in [0, 0.05) is 5.46 Å². The normalized spacial score (nSPS) is 16.8. The highest BCUT2D eigenvalue weighted by atomic mass is 79.9. The molecule has 10 nitrogen and oxygen atoms in total. The van der Waals surface area contributed by atoms with E-state index in [0.29, 0.717) is 22.6 Å². The SMILES string of the molecule is C.CB1OC(C)(C)C(C)(C)O1.COc1cc(C(=O)OCc2ccccc2)ccc1B1OC(C)(C)C(C)(C)O1.COc1cc(C(=O)OCc2ccccc2)ccc1Br. The summed E-state index contributed by atoms with van der Waals surface area (Å²) in [5.74, 6) is 0.365. The number of hydrogen-bond acceptors (Lipinski definition) is 10.